The quantitative estimate of drug-likeness (QED) is 0.236. The van der Waals surface area contributed by atoms with Gasteiger partial charge in [0.1, 0.15) is 17.6 Å². The summed E-state index contributed by atoms with van der Waals surface area (Å²) in [6.07, 6.45) is 1.26. The number of nitro groups is 1. The number of nitrogens with one attached hydrogen (secondary N) is 2. The molecule has 3 aromatic rings. The standard InChI is InChI=1S/C24H22Cl2N4O5/c1-13(2)22(28-23(31)15-5-8-18(25)19(26)11-15)24(32)29-27-12-16-6-9-21(35-16)17-7-4-14(3)10-20(17)30(33)34/h4-13,22H,1-3H3,(H,28,31)(H,29,32)/b27-12+. The van der Waals surface area contributed by atoms with Crippen LogP contribution in [0.4, 0.5) is 5.69 Å². The van der Waals surface area contributed by atoms with Crippen molar-refractivity contribution in [2.24, 2.45) is 11.0 Å². The van der Waals surface area contributed by atoms with Gasteiger partial charge in [0.15, 0.2) is 0 Å². The summed E-state index contributed by atoms with van der Waals surface area (Å²) in [4.78, 5) is 36.1. The second-order valence-electron chi connectivity index (χ2n) is 8.04. The highest BCUT2D eigenvalue weighted by Gasteiger charge is 2.25. The van der Waals surface area contributed by atoms with E-state index < -0.39 is 22.8 Å². The molecule has 1 atom stereocenters. The Morgan fingerprint density at radius 2 is 1.83 bits per heavy atom. The van der Waals surface area contributed by atoms with Crippen molar-refractivity contribution in [3.63, 3.8) is 0 Å². The molecule has 0 aliphatic carbocycles. The van der Waals surface area contributed by atoms with E-state index in [1.54, 1.807) is 45.0 Å². The molecule has 0 saturated heterocycles. The van der Waals surface area contributed by atoms with Gasteiger partial charge in [0.25, 0.3) is 17.5 Å². The number of furan rings is 1. The summed E-state index contributed by atoms with van der Waals surface area (Å²) in [6.45, 7) is 5.31. The highest BCUT2D eigenvalue weighted by atomic mass is 35.5. The van der Waals surface area contributed by atoms with Crippen molar-refractivity contribution >= 4 is 46.9 Å². The summed E-state index contributed by atoms with van der Waals surface area (Å²) in [5.74, 6) is -0.703. The molecule has 2 N–H and O–H groups in total. The van der Waals surface area contributed by atoms with E-state index in [9.17, 15) is 19.7 Å². The maximum Gasteiger partial charge on any atom is 0.280 e. The normalized spacial score (nSPS) is 12.1. The van der Waals surface area contributed by atoms with Crippen LogP contribution in [0.5, 0.6) is 0 Å². The van der Waals surface area contributed by atoms with Crippen LogP contribution in [0.2, 0.25) is 10.0 Å². The van der Waals surface area contributed by atoms with Crippen LogP contribution in [-0.2, 0) is 4.79 Å². The van der Waals surface area contributed by atoms with Crippen molar-refractivity contribution in [2.75, 3.05) is 0 Å². The van der Waals surface area contributed by atoms with Gasteiger partial charge in [-0.25, -0.2) is 5.43 Å². The van der Waals surface area contributed by atoms with Gasteiger partial charge >= 0.3 is 0 Å². The third-order valence-corrected chi connectivity index (χ3v) is 5.77. The largest absolute Gasteiger partial charge is 0.455 e. The maximum absolute atomic E-state index is 12.6. The smallest absolute Gasteiger partial charge is 0.280 e. The molecule has 2 aromatic carbocycles. The first kappa shape index (κ1) is 25.9. The molecule has 0 radical (unpaired) electrons. The minimum absolute atomic E-state index is 0.0753. The second kappa shape index (κ2) is 11.2. The molecule has 1 aromatic heterocycles. The first-order chi connectivity index (χ1) is 16.6. The number of benzene rings is 2. The Labute approximate surface area is 211 Å². The van der Waals surface area contributed by atoms with Crippen LogP contribution >= 0.6 is 23.2 Å². The molecule has 11 heteroatoms. The van der Waals surface area contributed by atoms with Crippen molar-refractivity contribution in [1.29, 1.82) is 0 Å². The number of carbonyl (C=O) groups is 2. The number of nitrogens with zero attached hydrogens (tertiary/aromatic N) is 2. The fourth-order valence-corrected chi connectivity index (χ4v) is 3.49. The third kappa shape index (κ3) is 6.46. The van der Waals surface area contributed by atoms with Gasteiger partial charge in [-0.2, -0.15) is 5.10 Å². The fraction of sp³-hybridized carbons (Fsp3) is 0.208. The first-order valence-corrected chi connectivity index (χ1v) is 11.3. The lowest BCUT2D eigenvalue weighted by molar-refractivity contribution is -0.384. The SMILES string of the molecule is Cc1ccc(-c2ccc(/C=N/NC(=O)C(NC(=O)c3ccc(Cl)c(Cl)c3)C(C)C)o2)c([N+](=O)[O-])c1. The first-order valence-electron chi connectivity index (χ1n) is 10.5. The number of hydrazone groups is 1. The Kier molecular flexibility index (Phi) is 8.26. The lowest BCUT2D eigenvalue weighted by Gasteiger charge is -2.20. The van der Waals surface area contributed by atoms with Crippen molar-refractivity contribution in [2.45, 2.75) is 26.8 Å². The van der Waals surface area contributed by atoms with Crippen LogP contribution in [-0.4, -0.2) is 29.0 Å². The van der Waals surface area contributed by atoms with Gasteiger partial charge in [0.2, 0.25) is 0 Å². The lowest BCUT2D eigenvalue weighted by atomic mass is 10.0. The van der Waals surface area contributed by atoms with Gasteiger partial charge in [-0.05, 0) is 54.8 Å². The van der Waals surface area contributed by atoms with Crippen LogP contribution in [0.15, 0.2) is 58.0 Å². The van der Waals surface area contributed by atoms with Crippen molar-refractivity contribution in [3.8, 4) is 11.3 Å². The summed E-state index contributed by atoms with van der Waals surface area (Å²) < 4.78 is 5.64. The molecule has 1 heterocycles. The fourth-order valence-electron chi connectivity index (χ4n) is 3.19. The molecular weight excluding hydrogens is 495 g/mol. The van der Waals surface area contributed by atoms with E-state index in [0.717, 1.165) is 5.56 Å². The minimum Gasteiger partial charge on any atom is -0.455 e. The molecule has 0 saturated carbocycles. The number of carbonyl (C=O) groups excluding carboxylic acids is 2. The molecule has 2 amide bonds. The monoisotopic (exact) mass is 516 g/mol. The number of aryl methyl sites for hydroxylation is 1. The van der Waals surface area contributed by atoms with Gasteiger partial charge in [-0.3, -0.25) is 19.7 Å². The molecule has 0 bridgehead atoms. The lowest BCUT2D eigenvalue weighted by Crippen LogP contribution is -2.48. The van der Waals surface area contributed by atoms with E-state index in [-0.39, 0.29) is 28.0 Å². The molecule has 35 heavy (non-hydrogen) atoms. The Hall–Kier alpha value is -3.69. The molecule has 0 spiro atoms. The van der Waals surface area contributed by atoms with Crippen LogP contribution in [0.25, 0.3) is 11.3 Å². The Morgan fingerprint density at radius 1 is 1.09 bits per heavy atom. The molecule has 9 nitrogen and oxygen atoms in total. The summed E-state index contributed by atoms with van der Waals surface area (Å²) in [6, 6.07) is 11.5. The second-order valence-corrected chi connectivity index (χ2v) is 8.85. The van der Waals surface area contributed by atoms with Crippen molar-refractivity contribution in [3.05, 3.63) is 85.6 Å². The molecular formula is C24H22Cl2N4O5. The Morgan fingerprint density at radius 3 is 2.49 bits per heavy atom. The van der Waals surface area contributed by atoms with E-state index in [1.807, 2.05) is 0 Å². The summed E-state index contributed by atoms with van der Waals surface area (Å²) >= 11 is 11.8. The average Bonchev–Trinajstić information content (AvgIpc) is 3.27. The van der Waals surface area contributed by atoms with E-state index >= 15 is 0 Å². The predicted octanol–water partition coefficient (Wildman–Crippen LogP) is 5.37. The maximum atomic E-state index is 12.6. The Bertz CT molecular complexity index is 1300. The van der Waals surface area contributed by atoms with E-state index in [0.29, 0.717) is 16.3 Å². The highest BCUT2D eigenvalue weighted by molar-refractivity contribution is 6.42. The van der Waals surface area contributed by atoms with Gasteiger partial charge in [-0.15, -0.1) is 0 Å². The van der Waals surface area contributed by atoms with Gasteiger partial charge in [0, 0.05) is 11.6 Å². The molecule has 3 rings (SSSR count). The topological polar surface area (TPSA) is 127 Å². The number of hydrogen-bond acceptors (Lipinski definition) is 6. The van der Waals surface area contributed by atoms with Gasteiger partial charge < -0.3 is 9.73 Å². The zero-order valence-corrected chi connectivity index (χ0v) is 20.6. The van der Waals surface area contributed by atoms with Crippen LogP contribution in [0.3, 0.4) is 0 Å². The zero-order chi connectivity index (χ0) is 25.7. The average molecular weight is 517 g/mol. The van der Waals surface area contributed by atoms with Crippen LogP contribution in [0.1, 0.15) is 35.5 Å². The van der Waals surface area contributed by atoms with E-state index in [4.69, 9.17) is 27.6 Å². The third-order valence-electron chi connectivity index (χ3n) is 5.03. The Balaban J connectivity index is 1.68. The number of halogens is 2. The van der Waals surface area contributed by atoms with Gasteiger partial charge in [-0.1, -0.05) is 43.1 Å². The number of hydrogen-bond donors (Lipinski definition) is 2. The van der Waals surface area contributed by atoms with Crippen molar-refractivity contribution in [1.82, 2.24) is 10.7 Å². The molecule has 182 valence electrons. The van der Waals surface area contributed by atoms with Crippen molar-refractivity contribution < 1.29 is 18.9 Å². The minimum atomic E-state index is -0.878. The molecule has 0 aliphatic heterocycles. The summed E-state index contributed by atoms with van der Waals surface area (Å²) in [7, 11) is 0. The van der Waals surface area contributed by atoms with E-state index in [1.165, 1.54) is 30.5 Å². The molecule has 0 aliphatic rings. The highest BCUT2D eigenvalue weighted by Crippen LogP contribution is 2.31. The summed E-state index contributed by atoms with van der Waals surface area (Å²) in [5.41, 5.74) is 3.64. The van der Waals surface area contributed by atoms with Crippen LogP contribution < -0.4 is 10.7 Å². The summed E-state index contributed by atoms with van der Waals surface area (Å²) in [5, 5.41) is 18.5. The van der Waals surface area contributed by atoms with E-state index in [2.05, 4.69) is 15.8 Å². The molecule has 1 unspecified atom stereocenters. The number of rotatable bonds is 8. The zero-order valence-electron chi connectivity index (χ0n) is 19.0. The molecule has 0 fully saturated rings. The van der Waals surface area contributed by atoms with Crippen LogP contribution in [0, 0.1) is 23.0 Å². The number of nitro benzene ring substituents is 1. The van der Waals surface area contributed by atoms with Gasteiger partial charge in [0.05, 0.1) is 26.7 Å². The number of amides is 2. The predicted molar refractivity (Wildman–Crippen MR) is 134 cm³/mol.